The van der Waals surface area contributed by atoms with Crippen LogP contribution in [0.2, 0.25) is 0 Å². The van der Waals surface area contributed by atoms with E-state index in [1.165, 1.54) is 20.6 Å². The van der Waals surface area contributed by atoms with E-state index in [0.717, 1.165) is 25.7 Å². The molecule has 0 spiro atoms. The lowest BCUT2D eigenvalue weighted by Gasteiger charge is -2.44. The van der Waals surface area contributed by atoms with Gasteiger partial charge >= 0.3 is 0 Å². The molecular weight excluding hydrogens is 230 g/mol. The molecule has 0 aromatic rings. The standard InChI is InChI=1S/C14H25NO3/c1-13(16,12(17-2)18-3)14(11-15)9-7-5-4-6-8-10-14/h12,16H,4-10H2,1-3H3. The van der Waals surface area contributed by atoms with Gasteiger partial charge in [0.05, 0.1) is 11.5 Å². The van der Waals surface area contributed by atoms with Crippen LogP contribution < -0.4 is 0 Å². The Morgan fingerprint density at radius 1 is 1.11 bits per heavy atom. The van der Waals surface area contributed by atoms with Crippen LogP contribution in [-0.2, 0) is 9.47 Å². The van der Waals surface area contributed by atoms with Gasteiger partial charge in [-0.3, -0.25) is 0 Å². The normalized spacial score (nSPS) is 23.8. The number of ether oxygens (including phenoxy) is 2. The predicted molar refractivity (Wildman–Crippen MR) is 68.8 cm³/mol. The van der Waals surface area contributed by atoms with Crippen molar-refractivity contribution in [1.29, 1.82) is 5.26 Å². The Morgan fingerprint density at radius 3 is 1.94 bits per heavy atom. The van der Waals surface area contributed by atoms with Gasteiger partial charge in [-0.25, -0.2) is 0 Å². The summed E-state index contributed by atoms with van der Waals surface area (Å²) < 4.78 is 10.4. The highest BCUT2D eigenvalue weighted by molar-refractivity contribution is 5.11. The highest BCUT2D eigenvalue weighted by Crippen LogP contribution is 2.45. The molecule has 0 aliphatic heterocycles. The SMILES string of the molecule is COC(OC)C(C)(O)C1(C#N)CCCCCCC1. The van der Waals surface area contributed by atoms with Crippen molar-refractivity contribution in [1.82, 2.24) is 0 Å². The molecule has 0 amide bonds. The van der Waals surface area contributed by atoms with Crippen LogP contribution >= 0.6 is 0 Å². The molecule has 1 fully saturated rings. The van der Waals surface area contributed by atoms with Crippen LogP contribution in [0.1, 0.15) is 51.9 Å². The molecule has 1 atom stereocenters. The smallest absolute Gasteiger partial charge is 0.186 e. The maximum absolute atomic E-state index is 10.8. The van der Waals surface area contributed by atoms with Gasteiger partial charge in [0, 0.05) is 14.2 Å². The van der Waals surface area contributed by atoms with Crippen LogP contribution in [0.25, 0.3) is 0 Å². The molecule has 1 saturated carbocycles. The summed E-state index contributed by atoms with van der Waals surface area (Å²) in [5.41, 5.74) is -2.06. The molecular formula is C14H25NO3. The van der Waals surface area contributed by atoms with Crippen LogP contribution in [-0.4, -0.2) is 31.2 Å². The number of hydrogen-bond donors (Lipinski definition) is 1. The first kappa shape index (κ1) is 15.4. The zero-order valence-corrected chi connectivity index (χ0v) is 11.7. The zero-order chi connectivity index (χ0) is 13.6. The number of nitriles is 1. The molecule has 0 heterocycles. The Hall–Kier alpha value is -0.630. The van der Waals surface area contributed by atoms with Gasteiger partial charge in [0.1, 0.15) is 5.60 Å². The van der Waals surface area contributed by atoms with Crippen LogP contribution in [0.15, 0.2) is 0 Å². The van der Waals surface area contributed by atoms with E-state index < -0.39 is 17.3 Å². The van der Waals surface area contributed by atoms with E-state index >= 15 is 0 Å². The first-order valence-corrected chi connectivity index (χ1v) is 6.73. The average molecular weight is 255 g/mol. The molecule has 18 heavy (non-hydrogen) atoms. The van der Waals surface area contributed by atoms with Gasteiger partial charge in [0.15, 0.2) is 6.29 Å². The Kier molecular flexibility index (Phi) is 5.58. The fraction of sp³-hybridized carbons (Fsp3) is 0.929. The van der Waals surface area contributed by atoms with Crippen molar-refractivity contribution in [3.8, 4) is 6.07 Å². The van der Waals surface area contributed by atoms with Crippen LogP contribution in [0, 0.1) is 16.7 Å². The van der Waals surface area contributed by atoms with E-state index in [-0.39, 0.29) is 0 Å². The quantitative estimate of drug-likeness (QED) is 0.784. The summed E-state index contributed by atoms with van der Waals surface area (Å²) in [6.45, 7) is 1.66. The van der Waals surface area contributed by atoms with Crippen molar-refractivity contribution < 1.29 is 14.6 Å². The maximum atomic E-state index is 10.8. The van der Waals surface area contributed by atoms with E-state index in [1.54, 1.807) is 6.92 Å². The topological polar surface area (TPSA) is 62.5 Å². The average Bonchev–Trinajstić information content (AvgIpc) is 2.30. The number of aliphatic hydroxyl groups is 1. The second-order valence-electron chi connectivity index (χ2n) is 5.41. The van der Waals surface area contributed by atoms with Gasteiger partial charge in [-0.2, -0.15) is 5.26 Å². The molecule has 104 valence electrons. The van der Waals surface area contributed by atoms with Crippen molar-refractivity contribution in [3.05, 3.63) is 0 Å². The van der Waals surface area contributed by atoms with Gasteiger partial charge < -0.3 is 14.6 Å². The lowest BCUT2D eigenvalue weighted by molar-refractivity contribution is -0.244. The van der Waals surface area contributed by atoms with E-state index in [0.29, 0.717) is 12.8 Å². The Morgan fingerprint density at radius 2 is 1.56 bits per heavy atom. The molecule has 1 N–H and O–H groups in total. The van der Waals surface area contributed by atoms with Crippen molar-refractivity contribution in [3.63, 3.8) is 0 Å². The molecule has 0 aromatic heterocycles. The molecule has 1 aliphatic carbocycles. The molecule has 0 radical (unpaired) electrons. The first-order valence-electron chi connectivity index (χ1n) is 6.73. The fourth-order valence-electron chi connectivity index (χ4n) is 3.02. The summed E-state index contributed by atoms with van der Waals surface area (Å²) in [4.78, 5) is 0. The molecule has 0 bridgehead atoms. The largest absolute Gasteiger partial charge is 0.383 e. The molecule has 1 rings (SSSR count). The molecule has 1 unspecified atom stereocenters. The molecule has 0 saturated heterocycles. The van der Waals surface area contributed by atoms with Crippen molar-refractivity contribution >= 4 is 0 Å². The van der Waals surface area contributed by atoms with E-state index in [1.807, 2.05) is 0 Å². The highest BCUT2D eigenvalue weighted by Gasteiger charge is 2.52. The zero-order valence-electron chi connectivity index (χ0n) is 11.7. The van der Waals surface area contributed by atoms with E-state index in [4.69, 9.17) is 9.47 Å². The summed E-state index contributed by atoms with van der Waals surface area (Å²) in [7, 11) is 2.99. The summed E-state index contributed by atoms with van der Waals surface area (Å²) in [5.74, 6) is 0. The van der Waals surface area contributed by atoms with E-state index in [2.05, 4.69) is 6.07 Å². The fourth-order valence-corrected chi connectivity index (χ4v) is 3.02. The minimum absolute atomic E-state index is 0.708. The predicted octanol–water partition coefficient (Wildman–Crippen LogP) is 2.61. The summed E-state index contributed by atoms with van der Waals surface area (Å²) in [6.07, 6.45) is 6.08. The number of rotatable bonds is 4. The lowest BCUT2D eigenvalue weighted by atomic mass is 9.66. The van der Waals surface area contributed by atoms with Crippen molar-refractivity contribution in [2.24, 2.45) is 5.41 Å². The highest BCUT2D eigenvalue weighted by atomic mass is 16.7. The summed E-state index contributed by atoms with van der Waals surface area (Å²) in [6, 6.07) is 2.36. The van der Waals surface area contributed by atoms with Crippen LogP contribution in [0.3, 0.4) is 0 Å². The Balaban J connectivity index is 2.99. The third-order valence-corrected chi connectivity index (χ3v) is 4.28. The number of hydrogen-bond acceptors (Lipinski definition) is 4. The minimum Gasteiger partial charge on any atom is -0.383 e. The third kappa shape index (κ3) is 2.85. The minimum atomic E-state index is -1.29. The number of methoxy groups -OCH3 is 2. The second kappa shape index (κ2) is 6.51. The first-order chi connectivity index (χ1) is 8.54. The molecule has 4 nitrogen and oxygen atoms in total. The van der Waals surface area contributed by atoms with Crippen LogP contribution in [0.4, 0.5) is 0 Å². The summed E-state index contributed by atoms with van der Waals surface area (Å²) >= 11 is 0. The second-order valence-corrected chi connectivity index (χ2v) is 5.41. The molecule has 1 aliphatic rings. The molecule has 4 heteroatoms. The molecule has 0 aromatic carbocycles. The van der Waals surface area contributed by atoms with Gasteiger partial charge in [-0.1, -0.05) is 32.1 Å². The monoisotopic (exact) mass is 255 g/mol. The van der Waals surface area contributed by atoms with Gasteiger partial charge in [0.25, 0.3) is 0 Å². The van der Waals surface area contributed by atoms with Crippen molar-refractivity contribution in [2.75, 3.05) is 14.2 Å². The van der Waals surface area contributed by atoms with Gasteiger partial charge in [-0.15, -0.1) is 0 Å². The maximum Gasteiger partial charge on any atom is 0.186 e. The number of nitrogens with zero attached hydrogens (tertiary/aromatic N) is 1. The van der Waals surface area contributed by atoms with Gasteiger partial charge in [0.2, 0.25) is 0 Å². The van der Waals surface area contributed by atoms with Crippen molar-refractivity contribution in [2.45, 2.75) is 63.8 Å². The Labute approximate surface area is 110 Å². The Bertz CT molecular complexity index is 284. The van der Waals surface area contributed by atoms with Gasteiger partial charge in [-0.05, 0) is 19.8 Å². The lowest BCUT2D eigenvalue weighted by Crippen LogP contribution is -2.55. The summed E-state index contributed by atoms with van der Waals surface area (Å²) in [5, 5.41) is 20.4. The third-order valence-electron chi connectivity index (χ3n) is 4.28. The van der Waals surface area contributed by atoms with E-state index in [9.17, 15) is 10.4 Å². The van der Waals surface area contributed by atoms with Crippen LogP contribution in [0.5, 0.6) is 0 Å².